The smallest absolute Gasteiger partial charge is 0.419 e. The normalized spacial score (nSPS) is 19.9. The van der Waals surface area contributed by atoms with Crippen molar-refractivity contribution in [3.05, 3.63) is 23.8 Å². The largest absolute Gasteiger partial charge is 0.497 e. The third-order valence-electron chi connectivity index (χ3n) is 3.58. The van der Waals surface area contributed by atoms with E-state index >= 15 is 0 Å². The summed E-state index contributed by atoms with van der Waals surface area (Å²) in [5.74, 6) is -0.502. The van der Waals surface area contributed by atoms with Gasteiger partial charge in [0.25, 0.3) is 0 Å². The van der Waals surface area contributed by atoms with Crippen LogP contribution in [0.3, 0.4) is 0 Å². The lowest BCUT2D eigenvalue weighted by Gasteiger charge is -2.18. The highest BCUT2D eigenvalue weighted by atomic mass is 32.2. The summed E-state index contributed by atoms with van der Waals surface area (Å²) in [6.45, 7) is -0.210. The molecule has 1 aromatic carbocycles. The van der Waals surface area contributed by atoms with Crippen molar-refractivity contribution in [3.8, 4) is 5.75 Å². The topological polar surface area (TPSA) is 46.6 Å². The first-order chi connectivity index (χ1) is 10.0. The Labute approximate surface area is 125 Å². The molecule has 0 aromatic heterocycles. The summed E-state index contributed by atoms with van der Waals surface area (Å²) in [5, 5.41) is 0. The van der Waals surface area contributed by atoms with Gasteiger partial charge in [-0.25, -0.2) is 12.8 Å². The first kappa shape index (κ1) is 16.9. The van der Waals surface area contributed by atoms with Gasteiger partial charge in [0.1, 0.15) is 5.75 Å². The Morgan fingerprint density at radius 2 is 2.05 bits per heavy atom. The maximum absolute atomic E-state index is 13.3. The fourth-order valence-electron chi connectivity index (χ4n) is 2.51. The van der Waals surface area contributed by atoms with Gasteiger partial charge in [-0.05, 0) is 30.2 Å². The summed E-state index contributed by atoms with van der Waals surface area (Å²) in [6.07, 6.45) is -7.83. The van der Waals surface area contributed by atoms with E-state index < -0.39 is 34.7 Å². The first-order valence-corrected chi connectivity index (χ1v) is 8.25. The summed E-state index contributed by atoms with van der Waals surface area (Å²) in [4.78, 5) is 0. The van der Waals surface area contributed by atoms with Crippen LogP contribution in [0.1, 0.15) is 17.9 Å². The number of rotatable bonds is 4. The lowest BCUT2D eigenvalue weighted by Crippen LogP contribution is -2.31. The van der Waals surface area contributed by atoms with E-state index in [2.05, 4.69) is 0 Å². The van der Waals surface area contributed by atoms with Crippen LogP contribution in [0.5, 0.6) is 5.75 Å². The molecule has 2 atom stereocenters. The van der Waals surface area contributed by atoms with Crippen molar-refractivity contribution in [3.63, 3.8) is 0 Å². The van der Waals surface area contributed by atoms with Gasteiger partial charge < -0.3 is 4.74 Å². The minimum absolute atomic E-state index is 0.210. The van der Waals surface area contributed by atoms with Crippen LogP contribution in [0.2, 0.25) is 0 Å². The second-order valence-electron chi connectivity index (χ2n) is 5.16. The van der Waals surface area contributed by atoms with Crippen LogP contribution in [-0.2, 0) is 10.0 Å². The van der Waals surface area contributed by atoms with E-state index in [0.717, 1.165) is 10.6 Å². The minimum atomic E-state index is -4.96. The molecule has 2 rings (SSSR count). The van der Waals surface area contributed by atoms with Crippen LogP contribution in [0, 0.1) is 0 Å². The second kappa shape index (κ2) is 5.60. The van der Waals surface area contributed by atoms with E-state index in [0.29, 0.717) is 11.3 Å². The number of sulfonamides is 1. The van der Waals surface area contributed by atoms with Crippen molar-refractivity contribution in [2.45, 2.75) is 24.7 Å². The number of ether oxygens (including phenoxy) is 1. The van der Waals surface area contributed by atoms with Crippen molar-refractivity contribution < 1.29 is 30.7 Å². The summed E-state index contributed by atoms with van der Waals surface area (Å²) < 4.78 is 80.1. The Hall–Kier alpha value is -1.51. The highest BCUT2D eigenvalue weighted by Crippen LogP contribution is 2.43. The molecule has 1 aliphatic heterocycles. The molecule has 0 saturated heterocycles. The molecule has 1 aliphatic rings. The van der Waals surface area contributed by atoms with Crippen molar-refractivity contribution >= 4 is 15.7 Å². The monoisotopic (exact) mass is 341 g/mol. The zero-order valence-electron chi connectivity index (χ0n) is 11.9. The molecule has 0 spiro atoms. The lowest BCUT2D eigenvalue weighted by molar-refractivity contribution is -0.182. The van der Waals surface area contributed by atoms with Crippen molar-refractivity contribution in [2.24, 2.45) is 0 Å². The zero-order valence-corrected chi connectivity index (χ0v) is 12.7. The van der Waals surface area contributed by atoms with E-state index in [1.807, 2.05) is 0 Å². The Morgan fingerprint density at radius 3 is 2.55 bits per heavy atom. The molecular weight excluding hydrogens is 326 g/mol. The van der Waals surface area contributed by atoms with E-state index in [1.54, 1.807) is 0 Å². The average Bonchev–Trinajstić information content (AvgIpc) is 2.75. The highest BCUT2D eigenvalue weighted by molar-refractivity contribution is 7.92. The van der Waals surface area contributed by atoms with Gasteiger partial charge in [0.05, 0.1) is 19.1 Å². The predicted molar refractivity (Wildman–Crippen MR) is 73.5 cm³/mol. The second-order valence-corrected chi connectivity index (χ2v) is 7.07. The first-order valence-electron chi connectivity index (χ1n) is 6.40. The molecule has 1 aromatic rings. The van der Waals surface area contributed by atoms with Crippen molar-refractivity contribution in [2.75, 3.05) is 24.2 Å². The van der Waals surface area contributed by atoms with E-state index in [4.69, 9.17) is 4.74 Å². The third kappa shape index (κ3) is 3.29. The molecule has 0 radical (unpaired) electrons. The number of methoxy groups -OCH3 is 1. The van der Waals surface area contributed by atoms with Gasteiger partial charge >= 0.3 is 6.18 Å². The maximum Gasteiger partial charge on any atom is 0.419 e. The molecule has 2 unspecified atom stereocenters. The van der Waals surface area contributed by atoms with Crippen LogP contribution in [0.15, 0.2) is 18.2 Å². The minimum Gasteiger partial charge on any atom is -0.497 e. The Morgan fingerprint density at radius 1 is 1.41 bits per heavy atom. The van der Waals surface area contributed by atoms with Gasteiger partial charge in [-0.3, -0.25) is 4.31 Å². The maximum atomic E-state index is 13.3. The van der Waals surface area contributed by atoms with Gasteiger partial charge in [0.2, 0.25) is 10.0 Å². The van der Waals surface area contributed by atoms with Gasteiger partial charge in [-0.15, -0.1) is 0 Å². The number of halogens is 4. The highest BCUT2D eigenvalue weighted by Gasteiger charge is 2.44. The number of hydrogen-bond acceptors (Lipinski definition) is 3. The number of benzene rings is 1. The Balaban J connectivity index is 2.39. The van der Waals surface area contributed by atoms with Gasteiger partial charge in [0, 0.05) is 12.5 Å². The Kier molecular flexibility index (Phi) is 4.29. The fraction of sp³-hybridized carbons (Fsp3) is 0.538. The Bertz CT molecular complexity index is 660. The standard InChI is InChI=1S/C13H15F4NO3S/c1-21-9-3-4-11-10(6-9)8(5-12(14)13(15,16)17)7-18(11)22(2,19)20/h3-4,6,8,12H,5,7H2,1-2H3. The van der Waals surface area contributed by atoms with Gasteiger partial charge in [0.15, 0.2) is 6.17 Å². The lowest BCUT2D eigenvalue weighted by atomic mass is 9.95. The molecule has 22 heavy (non-hydrogen) atoms. The van der Waals surface area contributed by atoms with Crippen LogP contribution < -0.4 is 9.04 Å². The number of nitrogens with zero attached hydrogens (tertiary/aromatic N) is 1. The summed E-state index contributed by atoms with van der Waals surface area (Å²) in [7, 11) is -2.27. The van der Waals surface area contributed by atoms with Crippen molar-refractivity contribution in [1.82, 2.24) is 0 Å². The predicted octanol–water partition coefficient (Wildman–Crippen LogP) is 2.85. The molecule has 1 heterocycles. The zero-order chi connectivity index (χ0) is 16.7. The van der Waals surface area contributed by atoms with Gasteiger partial charge in [-0.1, -0.05) is 0 Å². The van der Waals surface area contributed by atoms with E-state index in [1.165, 1.54) is 25.3 Å². The molecule has 0 saturated carbocycles. The summed E-state index contributed by atoms with van der Waals surface area (Å²) in [5.41, 5.74) is 0.611. The fourth-order valence-corrected chi connectivity index (χ4v) is 3.48. The molecule has 124 valence electrons. The molecule has 9 heteroatoms. The van der Waals surface area contributed by atoms with Crippen LogP contribution in [-0.4, -0.2) is 40.7 Å². The van der Waals surface area contributed by atoms with Crippen LogP contribution >= 0.6 is 0 Å². The summed E-state index contributed by atoms with van der Waals surface area (Å²) in [6, 6.07) is 4.42. The number of fused-ring (bicyclic) bond motifs is 1. The molecule has 0 bridgehead atoms. The third-order valence-corrected chi connectivity index (χ3v) is 4.72. The number of anilines is 1. The van der Waals surface area contributed by atoms with Crippen molar-refractivity contribution in [1.29, 1.82) is 0 Å². The van der Waals surface area contributed by atoms with E-state index in [-0.39, 0.29) is 12.2 Å². The van der Waals surface area contributed by atoms with E-state index in [9.17, 15) is 26.0 Å². The van der Waals surface area contributed by atoms with Crippen LogP contribution in [0.4, 0.5) is 23.2 Å². The SMILES string of the molecule is COc1ccc2c(c1)C(CC(F)C(F)(F)F)CN2S(C)(=O)=O. The molecule has 0 fully saturated rings. The average molecular weight is 341 g/mol. The molecule has 4 nitrogen and oxygen atoms in total. The number of hydrogen-bond donors (Lipinski definition) is 0. The molecule has 0 N–H and O–H groups in total. The molecule has 0 aliphatic carbocycles. The molecular formula is C13H15F4NO3S. The molecule has 0 amide bonds. The quantitative estimate of drug-likeness (QED) is 0.791. The van der Waals surface area contributed by atoms with Crippen LogP contribution in [0.25, 0.3) is 0 Å². The summed E-state index contributed by atoms with van der Waals surface area (Å²) >= 11 is 0. The van der Waals surface area contributed by atoms with Gasteiger partial charge in [-0.2, -0.15) is 13.2 Å². The number of alkyl halides is 4.